The fourth-order valence-corrected chi connectivity index (χ4v) is 3.20. The smallest absolute Gasteiger partial charge is 0.254 e. The number of carbonyl (C=O) groups excluding carboxylic acids is 1. The van der Waals surface area contributed by atoms with Crippen molar-refractivity contribution in [2.24, 2.45) is 5.10 Å². The third kappa shape index (κ3) is 6.01. The highest BCUT2D eigenvalue weighted by Gasteiger charge is 2.18. The number of nitrogens with one attached hydrogen (secondary N) is 1. The van der Waals surface area contributed by atoms with Crippen molar-refractivity contribution in [3.8, 4) is 0 Å². The van der Waals surface area contributed by atoms with Gasteiger partial charge < -0.3 is 0 Å². The van der Waals surface area contributed by atoms with Crippen LogP contribution in [-0.2, 0) is 11.3 Å². The Balaban J connectivity index is 1.39. The summed E-state index contributed by atoms with van der Waals surface area (Å²) in [5.41, 5.74) is 7.43. The van der Waals surface area contributed by atoms with Gasteiger partial charge in [-0.2, -0.15) is 5.10 Å². The van der Waals surface area contributed by atoms with Gasteiger partial charge in [-0.25, -0.2) is 5.43 Å². The first-order valence-electron chi connectivity index (χ1n) is 9.48. The van der Waals surface area contributed by atoms with Crippen molar-refractivity contribution < 1.29 is 4.79 Å². The molecule has 5 nitrogen and oxygen atoms in total. The van der Waals surface area contributed by atoms with Crippen LogP contribution in [0.15, 0.2) is 53.6 Å². The lowest BCUT2D eigenvalue weighted by atomic mass is 10.1. The van der Waals surface area contributed by atoms with Gasteiger partial charge in [0.15, 0.2) is 0 Å². The largest absolute Gasteiger partial charge is 0.297 e. The van der Waals surface area contributed by atoms with Crippen LogP contribution in [0.2, 0.25) is 0 Å². The average molecular weight is 364 g/mol. The predicted octanol–water partition coefficient (Wildman–Crippen LogP) is 2.57. The lowest BCUT2D eigenvalue weighted by Gasteiger charge is -2.34. The van der Waals surface area contributed by atoms with Gasteiger partial charge in [0, 0.05) is 32.7 Å². The van der Waals surface area contributed by atoms with E-state index >= 15 is 0 Å². The summed E-state index contributed by atoms with van der Waals surface area (Å²) < 4.78 is 0. The molecule has 2 aromatic carbocycles. The number of amides is 1. The van der Waals surface area contributed by atoms with Crippen molar-refractivity contribution in [1.82, 2.24) is 15.2 Å². The average Bonchev–Trinajstić information content (AvgIpc) is 2.67. The minimum atomic E-state index is -0.0631. The lowest BCUT2D eigenvalue weighted by molar-refractivity contribution is -0.122. The van der Waals surface area contributed by atoms with Crippen LogP contribution in [0.1, 0.15) is 22.3 Å². The van der Waals surface area contributed by atoms with Gasteiger partial charge in [-0.05, 0) is 30.5 Å². The minimum Gasteiger partial charge on any atom is -0.297 e. The van der Waals surface area contributed by atoms with Crippen molar-refractivity contribution >= 4 is 12.1 Å². The molecule has 0 atom stereocenters. The number of hydrazone groups is 1. The number of rotatable bonds is 6. The fraction of sp³-hybridized carbons (Fsp3) is 0.364. The number of carbonyl (C=O) groups is 1. The summed E-state index contributed by atoms with van der Waals surface area (Å²) in [5, 5.41) is 4.08. The van der Waals surface area contributed by atoms with Crippen LogP contribution in [0.3, 0.4) is 0 Å². The van der Waals surface area contributed by atoms with Gasteiger partial charge in [0.05, 0.1) is 12.8 Å². The second kappa shape index (κ2) is 9.44. The van der Waals surface area contributed by atoms with Gasteiger partial charge in [-0.1, -0.05) is 54.1 Å². The Bertz CT molecular complexity index is 777. The molecule has 0 spiro atoms. The molecule has 3 rings (SSSR count). The van der Waals surface area contributed by atoms with Crippen LogP contribution in [0.5, 0.6) is 0 Å². The second-order valence-electron chi connectivity index (χ2n) is 7.19. The van der Waals surface area contributed by atoms with Crippen molar-refractivity contribution in [2.75, 3.05) is 32.7 Å². The molecule has 1 aliphatic rings. The normalized spacial score (nSPS) is 15.9. The number of piperazine rings is 1. The molecule has 0 radical (unpaired) electrons. The maximum Gasteiger partial charge on any atom is 0.254 e. The molecule has 0 bridgehead atoms. The number of aryl methyl sites for hydroxylation is 2. The zero-order chi connectivity index (χ0) is 19.1. The molecule has 1 saturated heterocycles. The Labute approximate surface area is 161 Å². The van der Waals surface area contributed by atoms with Crippen LogP contribution in [-0.4, -0.2) is 54.6 Å². The van der Waals surface area contributed by atoms with Gasteiger partial charge in [0.1, 0.15) is 0 Å². The van der Waals surface area contributed by atoms with E-state index in [1.807, 2.05) is 31.2 Å². The van der Waals surface area contributed by atoms with Gasteiger partial charge >= 0.3 is 0 Å². The highest BCUT2D eigenvalue weighted by atomic mass is 16.2. The molecule has 1 aliphatic heterocycles. The molecule has 5 heteroatoms. The molecule has 0 unspecified atom stereocenters. The number of benzene rings is 2. The van der Waals surface area contributed by atoms with Crippen molar-refractivity contribution in [3.05, 3.63) is 70.8 Å². The number of hydrogen-bond acceptors (Lipinski definition) is 4. The summed E-state index contributed by atoms with van der Waals surface area (Å²) in [6.07, 6.45) is 1.70. The van der Waals surface area contributed by atoms with Crippen LogP contribution < -0.4 is 5.43 Å². The van der Waals surface area contributed by atoms with E-state index in [1.165, 1.54) is 11.1 Å². The van der Waals surface area contributed by atoms with Gasteiger partial charge in [-0.3, -0.25) is 14.6 Å². The molecule has 142 valence electrons. The van der Waals surface area contributed by atoms with Crippen molar-refractivity contribution in [1.29, 1.82) is 0 Å². The molecular weight excluding hydrogens is 336 g/mol. The van der Waals surface area contributed by atoms with Gasteiger partial charge in [0.25, 0.3) is 5.91 Å². The Kier molecular flexibility index (Phi) is 6.74. The van der Waals surface area contributed by atoms with E-state index in [-0.39, 0.29) is 5.91 Å². The zero-order valence-corrected chi connectivity index (χ0v) is 16.2. The quantitative estimate of drug-likeness (QED) is 0.633. The van der Waals surface area contributed by atoms with E-state index in [0.717, 1.165) is 43.9 Å². The third-order valence-corrected chi connectivity index (χ3v) is 4.94. The predicted molar refractivity (Wildman–Crippen MR) is 110 cm³/mol. The summed E-state index contributed by atoms with van der Waals surface area (Å²) >= 11 is 0. The first kappa shape index (κ1) is 19.3. The summed E-state index contributed by atoms with van der Waals surface area (Å²) in [6.45, 7) is 9.27. The Morgan fingerprint density at radius 2 is 1.67 bits per heavy atom. The summed E-state index contributed by atoms with van der Waals surface area (Å²) in [7, 11) is 0. The highest BCUT2D eigenvalue weighted by molar-refractivity contribution is 5.84. The van der Waals surface area contributed by atoms with E-state index in [1.54, 1.807) is 6.21 Å². The second-order valence-corrected chi connectivity index (χ2v) is 7.19. The maximum atomic E-state index is 12.1. The van der Waals surface area contributed by atoms with E-state index < -0.39 is 0 Å². The van der Waals surface area contributed by atoms with E-state index in [0.29, 0.717) is 6.54 Å². The summed E-state index contributed by atoms with van der Waals surface area (Å²) in [6, 6.07) is 16.7. The Morgan fingerprint density at radius 1 is 1.00 bits per heavy atom. The highest BCUT2D eigenvalue weighted by Crippen LogP contribution is 2.09. The monoisotopic (exact) mass is 364 g/mol. The minimum absolute atomic E-state index is 0.0631. The van der Waals surface area contributed by atoms with E-state index in [9.17, 15) is 4.79 Å². The fourth-order valence-electron chi connectivity index (χ4n) is 3.20. The first-order chi connectivity index (χ1) is 13.1. The third-order valence-electron chi connectivity index (χ3n) is 4.94. The van der Waals surface area contributed by atoms with Crippen LogP contribution in [0.4, 0.5) is 0 Å². The first-order valence-corrected chi connectivity index (χ1v) is 9.48. The molecule has 1 heterocycles. The zero-order valence-electron chi connectivity index (χ0n) is 16.2. The van der Waals surface area contributed by atoms with Crippen LogP contribution in [0, 0.1) is 13.8 Å². The molecule has 0 aliphatic carbocycles. The summed E-state index contributed by atoms with van der Waals surface area (Å²) in [4.78, 5) is 16.7. The van der Waals surface area contributed by atoms with E-state index in [2.05, 4.69) is 51.5 Å². The number of hydrogen-bond donors (Lipinski definition) is 1. The standard InChI is InChI=1S/C22H28N4O/c1-18-7-9-20(10-8-18)16-25-11-13-26(14-12-25)17-22(27)24-23-15-21-6-4-3-5-19(21)2/h3-10,15H,11-14,16-17H2,1-2H3,(H,24,27)/b23-15+. The topological polar surface area (TPSA) is 47.9 Å². The van der Waals surface area contributed by atoms with Crippen molar-refractivity contribution in [3.63, 3.8) is 0 Å². The Hall–Kier alpha value is -2.50. The Morgan fingerprint density at radius 3 is 2.37 bits per heavy atom. The van der Waals surface area contributed by atoms with E-state index in [4.69, 9.17) is 0 Å². The SMILES string of the molecule is Cc1ccc(CN2CCN(CC(=O)N/N=C/c3ccccc3C)CC2)cc1. The van der Waals surface area contributed by atoms with Crippen molar-refractivity contribution in [2.45, 2.75) is 20.4 Å². The lowest BCUT2D eigenvalue weighted by Crippen LogP contribution is -2.48. The maximum absolute atomic E-state index is 12.1. The molecule has 1 N–H and O–H groups in total. The van der Waals surface area contributed by atoms with Crippen LogP contribution >= 0.6 is 0 Å². The molecule has 1 fully saturated rings. The van der Waals surface area contributed by atoms with Gasteiger partial charge in [0.2, 0.25) is 0 Å². The molecule has 1 amide bonds. The molecule has 0 saturated carbocycles. The molecule has 0 aromatic heterocycles. The van der Waals surface area contributed by atoms with Gasteiger partial charge in [-0.15, -0.1) is 0 Å². The molecule has 27 heavy (non-hydrogen) atoms. The van der Waals surface area contributed by atoms with Crippen LogP contribution in [0.25, 0.3) is 0 Å². The number of nitrogens with zero attached hydrogens (tertiary/aromatic N) is 3. The summed E-state index contributed by atoms with van der Waals surface area (Å²) in [5.74, 6) is -0.0631. The molecular formula is C22H28N4O. The molecule has 2 aromatic rings.